The van der Waals surface area contributed by atoms with Gasteiger partial charge in [-0.1, -0.05) is 19.4 Å². The number of carbonyl (C=O) groups is 1. The minimum Gasteiger partial charge on any atom is -0.449 e. The number of ether oxygens (including phenoxy) is 1. The second-order valence-electron chi connectivity index (χ2n) is 2.49. The van der Waals surface area contributed by atoms with Crippen LogP contribution >= 0.6 is 0 Å². The molecule has 0 atom stereocenters. The van der Waals surface area contributed by atoms with E-state index in [4.69, 9.17) is 4.74 Å². The van der Waals surface area contributed by atoms with E-state index in [1.807, 2.05) is 0 Å². The van der Waals surface area contributed by atoms with Gasteiger partial charge in [-0.2, -0.15) is 0 Å². The quantitative estimate of drug-likeness (QED) is 0.491. The highest BCUT2D eigenvalue weighted by molar-refractivity contribution is 5.66. The van der Waals surface area contributed by atoms with Crippen molar-refractivity contribution in [3.05, 3.63) is 12.7 Å². The Morgan fingerprint density at radius 1 is 1.67 bits per heavy atom. The molecular formula is C9H17NO2. The Kier molecular flexibility index (Phi) is 7.44. The van der Waals surface area contributed by atoms with Crippen LogP contribution in [0.2, 0.25) is 0 Å². The molecule has 0 bridgehead atoms. The molecule has 0 aromatic rings. The second kappa shape index (κ2) is 8.11. The van der Waals surface area contributed by atoms with E-state index in [9.17, 15) is 4.79 Å². The molecule has 0 heterocycles. The van der Waals surface area contributed by atoms with E-state index in [1.54, 1.807) is 6.08 Å². The van der Waals surface area contributed by atoms with Crippen LogP contribution in [0.4, 0.5) is 4.79 Å². The summed E-state index contributed by atoms with van der Waals surface area (Å²) in [6, 6.07) is 0. The van der Waals surface area contributed by atoms with Crippen LogP contribution in [0.5, 0.6) is 0 Å². The number of hydrogen-bond acceptors (Lipinski definition) is 2. The lowest BCUT2D eigenvalue weighted by atomic mass is 10.3. The van der Waals surface area contributed by atoms with E-state index >= 15 is 0 Å². The van der Waals surface area contributed by atoms with Crippen LogP contribution in [0.1, 0.15) is 26.2 Å². The molecule has 0 radical (unpaired) electrons. The fourth-order valence-corrected chi connectivity index (χ4v) is 0.653. The maximum atomic E-state index is 10.8. The van der Waals surface area contributed by atoms with Crippen molar-refractivity contribution in [3.63, 3.8) is 0 Å². The second-order valence-corrected chi connectivity index (χ2v) is 2.49. The molecule has 1 amide bonds. The molecule has 0 aliphatic rings. The monoisotopic (exact) mass is 171 g/mol. The Morgan fingerprint density at radius 3 is 3.00 bits per heavy atom. The summed E-state index contributed by atoms with van der Waals surface area (Å²) < 4.78 is 4.81. The lowest BCUT2D eigenvalue weighted by Gasteiger charge is -2.04. The molecule has 0 saturated heterocycles. The molecule has 0 aliphatic carbocycles. The summed E-state index contributed by atoms with van der Waals surface area (Å²) in [4.78, 5) is 10.8. The van der Waals surface area contributed by atoms with Crippen LogP contribution in [-0.2, 0) is 4.74 Å². The third-order valence-electron chi connectivity index (χ3n) is 1.35. The standard InChI is InChI=1S/C9H17NO2/c1-3-5-7-10-9(11)12-8-6-4-2/h4H,2-3,5-8H2,1H3,(H,10,11). The van der Waals surface area contributed by atoms with Gasteiger partial charge in [-0.25, -0.2) is 4.79 Å². The van der Waals surface area contributed by atoms with Gasteiger partial charge in [0.1, 0.15) is 0 Å². The van der Waals surface area contributed by atoms with Gasteiger partial charge < -0.3 is 10.1 Å². The van der Waals surface area contributed by atoms with Gasteiger partial charge in [0.25, 0.3) is 0 Å². The Bertz CT molecular complexity index is 134. The molecule has 1 N–H and O–H groups in total. The first kappa shape index (κ1) is 11.0. The highest BCUT2D eigenvalue weighted by Gasteiger charge is 1.97. The van der Waals surface area contributed by atoms with Gasteiger partial charge in [0.05, 0.1) is 6.61 Å². The van der Waals surface area contributed by atoms with Crippen LogP contribution in [0.15, 0.2) is 12.7 Å². The lowest BCUT2D eigenvalue weighted by Crippen LogP contribution is -2.25. The largest absolute Gasteiger partial charge is 0.449 e. The zero-order valence-electron chi connectivity index (χ0n) is 7.64. The molecule has 0 saturated carbocycles. The predicted molar refractivity (Wildman–Crippen MR) is 49.1 cm³/mol. The van der Waals surface area contributed by atoms with E-state index in [2.05, 4.69) is 18.8 Å². The third kappa shape index (κ3) is 7.12. The van der Waals surface area contributed by atoms with Gasteiger partial charge in [-0.15, -0.1) is 6.58 Å². The maximum absolute atomic E-state index is 10.8. The summed E-state index contributed by atoms with van der Waals surface area (Å²) in [5, 5.41) is 2.65. The molecule has 12 heavy (non-hydrogen) atoms. The molecule has 3 nitrogen and oxygen atoms in total. The van der Waals surface area contributed by atoms with E-state index in [1.165, 1.54) is 0 Å². The third-order valence-corrected chi connectivity index (χ3v) is 1.35. The van der Waals surface area contributed by atoms with Crippen molar-refractivity contribution in [2.75, 3.05) is 13.2 Å². The number of hydrogen-bond donors (Lipinski definition) is 1. The van der Waals surface area contributed by atoms with E-state index in [-0.39, 0.29) is 6.09 Å². The first-order chi connectivity index (χ1) is 5.81. The average Bonchev–Trinajstić information content (AvgIpc) is 2.06. The molecule has 3 heteroatoms. The number of nitrogens with one attached hydrogen (secondary N) is 1. The number of amides is 1. The van der Waals surface area contributed by atoms with Gasteiger partial charge in [-0.3, -0.25) is 0 Å². The summed E-state index contributed by atoms with van der Waals surface area (Å²) >= 11 is 0. The van der Waals surface area contributed by atoms with Gasteiger partial charge >= 0.3 is 6.09 Å². The first-order valence-corrected chi connectivity index (χ1v) is 4.32. The summed E-state index contributed by atoms with van der Waals surface area (Å²) in [6.45, 7) is 6.71. The van der Waals surface area contributed by atoms with Gasteiger partial charge in [0.2, 0.25) is 0 Å². The maximum Gasteiger partial charge on any atom is 0.407 e. The minimum atomic E-state index is -0.328. The highest BCUT2D eigenvalue weighted by atomic mass is 16.5. The molecule has 0 unspecified atom stereocenters. The van der Waals surface area contributed by atoms with Crippen molar-refractivity contribution in [1.29, 1.82) is 0 Å². The van der Waals surface area contributed by atoms with Crippen molar-refractivity contribution in [3.8, 4) is 0 Å². The lowest BCUT2D eigenvalue weighted by molar-refractivity contribution is 0.148. The Morgan fingerprint density at radius 2 is 2.42 bits per heavy atom. The number of carbonyl (C=O) groups excluding carboxylic acids is 1. The van der Waals surface area contributed by atoms with Gasteiger partial charge in [0, 0.05) is 6.54 Å². The van der Waals surface area contributed by atoms with Crippen LogP contribution in [-0.4, -0.2) is 19.2 Å². The average molecular weight is 171 g/mol. The van der Waals surface area contributed by atoms with Gasteiger partial charge in [0.15, 0.2) is 0 Å². The molecular weight excluding hydrogens is 154 g/mol. The Hall–Kier alpha value is -0.990. The fourth-order valence-electron chi connectivity index (χ4n) is 0.653. The van der Waals surface area contributed by atoms with Crippen molar-refractivity contribution in [2.24, 2.45) is 0 Å². The van der Waals surface area contributed by atoms with Crippen molar-refractivity contribution in [2.45, 2.75) is 26.2 Å². The minimum absolute atomic E-state index is 0.328. The molecule has 0 aliphatic heterocycles. The first-order valence-electron chi connectivity index (χ1n) is 4.32. The molecule has 0 rings (SSSR count). The van der Waals surface area contributed by atoms with Gasteiger partial charge in [-0.05, 0) is 12.8 Å². The van der Waals surface area contributed by atoms with E-state index in [0.29, 0.717) is 19.6 Å². The van der Waals surface area contributed by atoms with Crippen LogP contribution in [0.3, 0.4) is 0 Å². The number of unbranched alkanes of at least 4 members (excludes halogenated alkanes) is 1. The molecule has 0 spiro atoms. The topological polar surface area (TPSA) is 38.3 Å². The summed E-state index contributed by atoms with van der Waals surface area (Å²) in [5.41, 5.74) is 0. The van der Waals surface area contributed by atoms with Crippen molar-refractivity contribution < 1.29 is 9.53 Å². The normalized spacial score (nSPS) is 9.08. The van der Waals surface area contributed by atoms with Crippen LogP contribution in [0.25, 0.3) is 0 Å². The Balaban J connectivity index is 3.15. The van der Waals surface area contributed by atoms with Crippen LogP contribution in [0, 0.1) is 0 Å². The summed E-state index contributed by atoms with van der Waals surface area (Å²) in [5.74, 6) is 0. The summed E-state index contributed by atoms with van der Waals surface area (Å²) in [6.07, 6.45) is 4.18. The van der Waals surface area contributed by atoms with E-state index < -0.39 is 0 Å². The number of rotatable bonds is 6. The SMILES string of the molecule is C=CCCOC(=O)NCCCC. The summed E-state index contributed by atoms with van der Waals surface area (Å²) in [7, 11) is 0. The van der Waals surface area contributed by atoms with Crippen LogP contribution < -0.4 is 5.32 Å². The van der Waals surface area contributed by atoms with Crippen molar-refractivity contribution in [1.82, 2.24) is 5.32 Å². The zero-order valence-corrected chi connectivity index (χ0v) is 7.64. The van der Waals surface area contributed by atoms with Crippen molar-refractivity contribution >= 4 is 6.09 Å². The predicted octanol–water partition coefficient (Wildman–Crippen LogP) is 2.09. The molecule has 0 aromatic carbocycles. The molecule has 70 valence electrons. The smallest absolute Gasteiger partial charge is 0.407 e. The molecule has 0 aromatic heterocycles. The Labute approximate surface area is 73.8 Å². The molecule has 0 fully saturated rings. The fraction of sp³-hybridized carbons (Fsp3) is 0.667. The van der Waals surface area contributed by atoms with E-state index in [0.717, 1.165) is 12.8 Å². The highest BCUT2D eigenvalue weighted by Crippen LogP contribution is 1.86. The number of alkyl carbamates (subject to hydrolysis) is 1. The zero-order chi connectivity index (χ0) is 9.23.